The molecule has 24 heavy (non-hydrogen) atoms. The van der Waals surface area contributed by atoms with E-state index in [0.29, 0.717) is 11.3 Å². The molecular formula is C14H14F3N5O2. The van der Waals surface area contributed by atoms with Crippen LogP contribution in [0.15, 0.2) is 18.2 Å². The second kappa shape index (κ2) is 6.38. The SMILES string of the molecule is Cn1nnc(NC(=O)N2CCOc3cc(F)ccc3C2)c1C(F)F. The van der Waals surface area contributed by atoms with Gasteiger partial charge in [-0.15, -0.1) is 5.10 Å². The molecule has 3 rings (SSSR count). The van der Waals surface area contributed by atoms with Crippen LogP contribution in [0.5, 0.6) is 5.75 Å². The van der Waals surface area contributed by atoms with E-state index in [1.165, 1.54) is 30.1 Å². The summed E-state index contributed by atoms with van der Waals surface area (Å²) in [5, 5.41) is 9.37. The van der Waals surface area contributed by atoms with Crippen molar-refractivity contribution < 1.29 is 22.7 Å². The van der Waals surface area contributed by atoms with Gasteiger partial charge in [0, 0.05) is 18.7 Å². The van der Waals surface area contributed by atoms with Crippen molar-refractivity contribution in [2.75, 3.05) is 18.5 Å². The predicted molar refractivity (Wildman–Crippen MR) is 77.3 cm³/mol. The number of ether oxygens (including phenoxy) is 1. The molecule has 0 radical (unpaired) electrons. The second-order valence-electron chi connectivity index (χ2n) is 5.20. The molecular weight excluding hydrogens is 327 g/mol. The van der Waals surface area contributed by atoms with Crippen LogP contribution in [-0.2, 0) is 13.6 Å². The molecule has 10 heteroatoms. The molecule has 1 aliphatic rings. The number of aromatic nitrogens is 3. The molecule has 0 saturated carbocycles. The van der Waals surface area contributed by atoms with Crippen molar-refractivity contribution in [2.45, 2.75) is 13.0 Å². The fourth-order valence-corrected chi connectivity index (χ4v) is 2.40. The fraction of sp³-hybridized carbons (Fsp3) is 0.357. The minimum atomic E-state index is -2.82. The van der Waals surface area contributed by atoms with Gasteiger partial charge in [0.25, 0.3) is 6.43 Å². The quantitative estimate of drug-likeness (QED) is 0.910. The first-order valence-corrected chi connectivity index (χ1v) is 7.10. The highest BCUT2D eigenvalue weighted by atomic mass is 19.3. The Hall–Kier alpha value is -2.78. The molecule has 0 saturated heterocycles. The summed E-state index contributed by atoms with van der Waals surface area (Å²) < 4.78 is 45.5. The molecule has 2 heterocycles. The first-order valence-electron chi connectivity index (χ1n) is 7.10. The predicted octanol–water partition coefficient (Wildman–Crippen LogP) is 2.32. The number of nitrogens with one attached hydrogen (secondary N) is 1. The molecule has 1 N–H and O–H groups in total. The van der Waals surface area contributed by atoms with Crippen molar-refractivity contribution >= 4 is 11.8 Å². The number of urea groups is 1. The van der Waals surface area contributed by atoms with Crippen LogP contribution in [0.4, 0.5) is 23.8 Å². The van der Waals surface area contributed by atoms with Crippen molar-refractivity contribution in [2.24, 2.45) is 7.05 Å². The molecule has 2 amide bonds. The summed E-state index contributed by atoms with van der Waals surface area (Å²) in [7, 11) is 1.31. The highest BCUT2D eigenvalue weighted by Crippen LogP contribution is 2.26. The first-order chi connectivity index (χ1) is 11.5. The summed E-state index contributed by atoms with van der Waals surface area (Å²) in [6.07, 6.45) is -2.82. The number of alkyl halides is 2. The van der Waals surface area contributed by atoms with Gasteiger partial charge in [-0.3, -0.25) is 5.32 Å². The summed E-state index contributed by atoms with van der Waals surface area (Å²) >= 11 is 0. The van der Waals surface area contributed by atoms with Gasteiger partial charge in [0.1, 0.15) is 23.9 Å². The average Bonchev–Trinajstić information content (AvgIpc) is 2.76. The first kappa shape index (κ1) is 16.1. The zero-order chi connectivity index (χ0) is 17.3. The Kier molecular flexibility index (Phi) is 4.28. The number of hydrogen-bond donors (Lipinski definition) is 1. The molecule has 2 aromatic rings. The number of carbonyl (C=O) groups excluding carboxylic acids is 1. The molecule has 0 unspecified atom stereocenters. The summed E-state index contributed by atoms with van der Waals surface area (Å²) in [5.74, 6) is -0.368. The largest absolute Gasteiger partial charge is 0.491 e. The zero-order valence-corrected chi connectivity index (χ0v) is 12.7. The van der Waals surface area contributed by atoms with Crippen molar-refractivity contribution in [3.05, 3.63) is 35.3 Å². The van der Waals surface area contributed by atoms with Gasteiger partial charge >= 0.3 is 6.03 Å². The Labute approximate surface area is 135 Å². The van der Waals surface area contributed by atoms with Crippen LogP contribution in [0.1, 0.15) is 17.7 Å². The highest BCUT2D eigenvalue weighted by molar-refractivity contribution is 5.88. The number of anilines is 1. The van der Waals surface area contributed by atoms with E-state index >= 15 is 0 Å². The Morgan fingerprint density at radius 1 is 1.42 bits per heavy atom. The normalized spacial score (nSPS) is 14.1. The molecule has 0 spiro atoms. The molecule has 1 aliphatic heterocycles. The van der Waals surface area contributed by atoms with Crippen LogP contribution in [-0.4, -0.2) is 39.1 Å². The summed E-state index contributed by atoms with van der Waals surface area (Å²) in [6, 6.07) is 3.41. The molecule has 0 bridgehead atoms. The number of aryl methyl sites for hydroxylation is 1. The lowest BCUT2D eigenvalue weighted by molar-refractivity contribution is 0.141. The smallest absolute Gasteiger partial charge is 0.323 e. The Morgan fingerprint density at radius 2 is 2.21 bits per heavy atom. The van der Waals surface area contributed by atoms with Crippen molar-refractivity contribution in [3.8, 4) is 5.75 Å². The highest BCUT2D eigenvalue weighted by Gasteiger charge is 2.25. The lowest BCUT2D eigenvalue weighted by Crippen LogP contribution is -2.36. The van der Waals surface area contributed by atoms with Crippen LogP contribution >= 0.6 is 0 Å². The molecule has 0 aliphatic carbocycles. The van der Waals surface area contributed by atoms with Crippen LogP contribution < -0.4 is 10.1 Å². The van der Waals surface area contributed by atoms with Crippen LogP contribution in [0.3, 0.4) is 0 Å². The van der Waals surface area contributed by atoms with E-state index in [4.69, 9.17) is 4.74 Å². The minimum Gasteiger partial charge on any atom is -0.491 e. The number of carbonyl (C=O) groups is 1. The van der Waals surface area contributed by atoms with E-state index in [0.717, 1.165) is 4.68 Å². The number of rotatable bonds is 2. The Bertz CT molecular complexity index is 765. The van der Waals surface area contributed by atoms with Gasteiger partial charge in [-0.05, 0) is 6.07 Å². The maximum atomic E-state index is 13.2. The van der Waals surface area contributed by atoms with Gasteiger partial charge in [0.2, 0.25) is 0 Å². The lowest BCUT2D eigenvalue weighted by atomic mass is 10.2. The third-order valence-electron chi connectivity index (χ3n) is 3.60. The number of benzene rings is 1. The van der Waals surface area contributed by atoms with Crippen LogP contribution in [0, 0.1) is 5.82 Å². The second-order valence-corrected chi connectivity index (χ2v) is 5.20. The van der Waals surface area contributed by atoms with Gasteiger partial charge in [0.15, 0.2) is 5.82 Å². The molecule has 0 atom stereocenters. The monoisotopic (exact) mass is 341 g/mol. The standard InChI is InChI=1S/C14H14F3N5O2/c1-21-11(12(16)17)13(19-20-21)18-14(23)22-4-5-24-10-6-9(15)3-2-8(10)7-22/h2-3,6,12H,4-5,7H2,1H3,(H,18,23). The number of fused-ring (bicyclic) bond motifs is 1. The van der Waals surface area contributed by atoms with Crippen LogP contribution in [0.25, 0.3) is 0 Å². The Morgan fingerprint density at radius 3 is 2.96 bits per heavy atom. The zero-order valence-electron chi connectivity index (χ0n) is 12.7. The van der Waals surface area contributed by atoms with Gasteiger partial charge in [-0.1, -0.05) is 11.3 Å². The summed E-state index contributed by atoms with van der Waals surface area (Å²) in [6.45, 7) is 0.532. The molecule has 7 nitrogen and oxygen atoms in total. The van der Waals surface area contributed by atoms with E-state index in [1.54, 1.807) is 0 Å². The van der Waals surface area contributed by atoms with E-state index in [-0.39, 0.29) is 25.5 Å². The lowest BCUT2D eigenvalue weighted by Gasteiger charge is -2.19. The van der Waals surface area contributed by atoms with Gasteiger partial charge in [-0.2, -0.15) is 0 Å². The van der Waals surface area contributed by atoms with E-state index in [2.05, 4.69) is 15.6 Å². The maximum absolute atomic E-state index is 13.2. The molecule has 128 valence electrons. The van der Waals surface area contributed by atoms with E-state index in [1.807, 2.05) is 0 Å². The van der Waals surface area contributed by atoms with Crippen molar-refractivity contribution in [3.63, 3.8) is 0 Å². The molecule has 0 fully saturated rings. The summed E-state index contributed by atoms with van der Waals surface area (Å²) in [5.41, 5.74) is 0.147. The van der Waals surface area contributed by atoms with Gasteiger partial charge < -0.3 is 9.64 Å². The number of amides is 2. The third-order valence-corrected chi connectivity index (χ3v) is 3.60. The number of hydrogen-bond acceptors (Lipinski definition) is 4. The third kappa shape index (κ3) is 3.12. The Balaban J connectivity index is 1.77. The number of nitrogens with zero attached hydrogens (tertiary/aromatic N) is 4. The molecule has 1 aromatic carbocycles. The van der Waals surface area contributed by atoms with Crippen LogP contribution in [0.2, 0.25) is 0 Å². The average molecular weight is 341 g/mol. The van der Waals surface area contributed by atoms with E-state index in [9.17, 15) is 18.0 Å². The van der Waals surface area contributed by atoms with E-state index < -0.39 is 24.0 Å². The van der Waals surface area contributed by atoms with Gasteiger partial charge in [0.05, 0.1) is 13.1 Å². The number of halogens is 3. The van der Waals surface area contributed by atoms with Crippen molar-refractivity contribution in [1.29, 1.82) is 0 Å². The fourth-order valence-electron chi connectivity index (χ4n) is 2.40. The minimum absolute atomic E-state index is 0.158. The molecule has 1 aromatic heterocycles. The van der Waals surface area contributed by atoms with Crippen molar-refractivity contribution in [1.82, 2.24) is 19.9 Å². The maximum Gasteiger partial charge on any atom is 0.323 e. The van der Waals surface area contributed by atoms with Gasteiger partial charge in [-0.25, -0.2) is 22.6 Å². The summed E-state index contributed by atoms with van der Waals surface area (Å²) in [4.78, 5) is 13.7. The topological polar surface area (TPSA) is 72.3 Å².